The molecule has 2 aromatic rings. The lowest BCUT2D eigenvalue weighted by atomic mass is 9.97. The lowest BCUT2D eigenvalue weighted by Crippen LogP contribution is -2.18. The summed E-state index contributed by atoms with van der Waals surface area (Å²) in [6.45, 7) is 1.94. The molecule has 0 saturated heterocycles. The van der Waals surface area contributed by atoms with Gasteiger partial charge in [0.25, 0.3) is 0 Å². The largest absolute Gasteiger partial charge is 0.424 e. The minimum absolute atomic E-state index is 0.255. The molecule has 0 aromatic heterocycles. The predicted octanol–water partition coefficient (Wildman–Crippen LogP) is 5.09. The van der Waals surface area contributed by atoms with Crippen LogP contribution in [0.2, 0.25) is 10.0 Å². The first-order valence-corrected chi connectivity index (χ1v) is 7.09. The standard InChI is InChI=1S/C16H14Cl2O2/c1-2-12(11-7-4-3-5-8-11)16(19)20-14-10-6-9-13(17)15(14)18/h3-10,12H,2H2,1H3. The van der Waals surface area contributed by atoms with Gasteiger partial charge in [-0.25, -0.2) is 0 Å². The van der Waals surface area contributed by atoms with Gasteiger partial charge >= 0.3 is 5.97 Å². The average Bonchev–Trinajstić information content (AvgIpc) is 2.46. The monoisotopic (exact) mass is 308 g/mol. The van der Waals surface area contributed by atoms with E-state index >= 15 is 0 Å². The molecular weight excluding hydrogens is 295 g/mol. The van der Waals surface area contributed by atoms with Gasteiger partial charge in [-0.2, -0.15) is 0 Å². The van der Waals surface area contributed by atoms with Gasteiger partial charge in [-0.05, 0) is 24.1 Å². The maximum absolute atomic E-state index is 12.3. The van der Waals surface area contributed by atoms with Crippen molar-refractivity contribution < 1.29 is 9.53 Å². The molecule has 2 rings (SSSR count). The molecule has 1 atom stereocenters. The van der Waals surface area contributed by atoms with Crippen LogP contribution in [0.3, 0.4) is 0 Å². The number of ether oxygens (including phenoxy) is 1. The molecule has 0 fully saturated rings. The summed E-state index contributed by atoms with van der Waals surface area (Å²) in [4.78, 5) is 12.3. The van der Waals surface area contributed by atoms with Crippen LogP contribution in [0.5, 0.6) is 5.75 Å². The van der Waals surface area contributed by atoms with Crippen molar-refractivity contribution in [1.82, 2.24) is 0 Å². The van der Waals surface area contributed by atoms with Gasteiger partial charge in [-0.1, -0.05) is 66.5 Å². The quantitative estimate of drug-likeness (QED) is 0.580. The molecule has 2 aromatic carbocycles. The van der Waals surface area contributed by atoms with E-state index in [0.717, 1.165) is 5.56 Å². The van der Waals surface area contributed by atoms with Gasteiger partial charge in [-0.15, -0.1) is 0 Å². The van der Waals surface area contributed by atoms with Crippen LogP contribution in [0.15, 0.2) is 48.5 Å². The summed E-state index contributed by atoms with van der Waals surface area (Å²) >= 11 is 11.9. The van der Waals surface area contributed by atoms with Gasteiger partial charge in [0.15, 0.2) is 5.75 Å². The van der Waals surface area contributed by atoms with Crippen LogP contribution in [-0.4, -0.2) is 5.97 Å². The molecule has 0 radical (unpaired) electrons. The Hall–Kier alpha value is -1.51. The lowest BCUT2D eigenvalue weighted by Gasteiger charge is -2.15. The zero-order valence-corrected chi connectivity index (χ0v) is 12.5. The van der Waals surface area contributed by atoms with E-state index in [1.54, 1.807) is 18.2 Å². The van der Waals surface area contributed by atoms with E-state index in [9.17, 15) is 4.79 Å². The highest BCUT2D eigenvalue weighted by atomic mass is 35.5. The fourth-order valence-electron chi connectivity index (χ4n) is 1.97. The molecular formula is C16H14Cl2O2. The fourth-order valence-corrected chi connectivity index (χ4v) is 2.30. The number of rotatable bonds is 4. The Kier molecular flexibility index (Phi) is 5.05. The molecule has 0 aliphatic rings. The predicted molar refractivity (Wildman–Crippen MR) is 81.6 cm³/mol. The van der Waals surface area contributed by atoms with Crippen molar-refractivity contribution in [3.05, 3.63) is 64.1 Å². The molecule has 0 N–H and O–H groups in total. The smallest absolute Gasteiger partial charge is 0.318 e. The lowest BCUT2D eigenvalue weighted by molar-refractivity contribution is -0.136. The van der Waals surface area contributed by atoms with E-state index in [1.165, 1.54) is 0 Å². The Morgan fingerprint density at radius 2 is 1.80 bits per heavy atom. The van der Waals surface area contributed by atoms with Crippen LogP contribution >= 0.6 is 23.2 Å². The minimum Gasteiger partial charge on any atom is -0.424 e. The minimum atomic E-state index is -0.331. The Morgan fingerprint density at radius 3 is 2.45 bits per heavy atom. The molecule has 0 spiro atoms. The number of halogens is 2. The summed E-state index contributed by atoms with van der Waals surface area (Å²) in [5.41, 5.74) is 0.929. The summed E-state index contributed by atoms with van der Waals surface area (Å²) in [6, 6.07) is 14.5. The number of hydrogen-bond acceptors (Lipinski definition) is 2. The summed E-state index contributed by atoms with van der Waals surface area (Å²) in [6.07, 6.45) is 0.654. The van der Waals surface area contributed by atoms with Crippen molar-refractivity contribution in [3.8, 4) is 5.75 Å². The number of esters is 1. The van der Waals surface area contributed by atoms with Crippen LogP contribution in [0.1, 0.15) is 24.8 Å². The molecule has 0 heterocycles. The number of hydrogen-bond donors (Lipinski definition) is 0. The highest BCUT2D eigenvalue weighted by Crippen LogP contribution is 2.33. The first-order valence-electron chi connectivity index (χ1n) is 6.34. The highest BCUT2D eigenvalue weighted by Gasteiger charge is 2.21. The second-order valence-corrected chi connectivity index (χ2v) is 5.13. The molecule has 20 heavy (non-hydrogen) atoms. The molecule has 0 bridgehead atoms. The SMILES string of the molecule is CCC(C(=O)Oc1cccc(Cl)c1Cl)c1ccccc1. The molecule has 2 nitrogen and oxygen atoms in total. The summed E-state index contributed by atoms with van der Waals surface area (Å²) < 4.78 is 5.38. The van der Waals surface area contributed by atoms with E-state index in [1.807, 2.05) is 37.3 Å². The number of carbonyl (C=O) groups excluding carboxylic acids is 1. The molecule has 104 valence electrons. The molecule has 0 aliphatic heterocycles. The maximum Gasteiger partial charge on any atom is 0.318 e. The Labute approximate surface area is 128 Å². The maximum atomic E-state index is 12.3. The van der Waals surface area contributed by atoms with Gasteiger partial charge in [0.1, 0.15) is 5.02 Å². The van der Waals surface area contributed by atoms with Crippen LogP contribution in [-0.2, 0) is 4.79 Å². The Balaban J connectivity index is 2.20. The molecule has 0 saturated carbocycles. The van der Waals surface area contributed by atoms with Crippen molar-refractivity contribution in [2.75, 3.05) is 0 Å². The third kappa shape index (κ3) is 3.33. The topological polar surface area (TPSA) is 26.3 Å². The van der Waals surface area contributed by atoms with E-state index in [0.29, 0.717) is 17.2 Å². The third-order valence-electron chi connectivity index (χ3n) is 3.02. The van der Waals surface area contributed by atoms with Crippen molar-refractivity contribution in [3.63, 3.8) is 0 Å². The molecule has 4 heteroatoms. The normalized spacial score (nSPS) is 11.9. The van der Waals surface area contributed by atoms with Gasteiger partial charge in [0.2, 0.25) is 0 Å². The number of carbonyl (C=O) groups is 1. The van der Waals surface area contributed by atoms with Gasteiger partial charge in [-0.3, -0.25) is 4.79 Å². The van der Waals surface area contributed by atoms with Crippen LogP contribution in [0.4, 0.5) is 0 Å². The van der Waals surface area contributed by atoms with Crippen LogP contribution < -0.4 is 4.74 Å². The van der Waals surface area contributed by atoms with E-state index in [4.69, 9.17) is 27.9 Å². The first-order chi connectivity index (χ1) is 9.63. The Bertz CT molecular complexity index is 597. The van der Waals surface area contributed by atoms with Gasteiger partial charge < -0.3 is 4.74 Å². The van der Waals surface area contributed by atoms with Crippen LogP contribution in [0, 0.1) is 0 Å². The highest BCUT2D eigenvalue weighted by molar-refractivity contribution is 6.43. The van der Waals surface area contributed by atoms with Gasteiger partial charge in [0, 0.05) is 0 Å². The van der Waals surface area contributed by atoms with Crippen LogP contribution in [0.25, 0.3) is 0 Å². The van der Waals surface area contributed by atoms with E-state index < -0.39 is 0 Å². The van der Waals surface area contributed by atoms with E-state index in [-0.39, 0.29) is 16.9 Å². The van der Waals surface area contributed by atoms with Gasteiger partial charge in [0.05, 0.1) is 10.9 Å². The second-order valence-electron chi connectivity index (χ2n) is 4.34. The summed E-state index contributed by atoms with van der Waals surface area (Å²) in [5, 5.41) is 0.621. The van der Waals surface area contributed by atoms with E-state index in [2.05, 4.69) is 0 Å². The summed E-state index contributed by atoms with van der Waals surface area (Å²) in [7, 11) is 0. The Morgan fingerprint density at radius 1 is 1.10 bits per heavy atom. The zero-order valence-electron chi connectivity index (χ0n) is 11.0. The van der Waals surface area contributed by atoms with Crippen molar-refractivity contribution >= 4 is 29.2 Å². The zero-order chi connectivity index (χ0) is 14.5. The molecule has 0 aliphatic carbocycles. The number of benzene rings is 2. The third-order valence-corrected chi connectivity index (χ3v) is 3.82. The van der Waals surface area contributed by atoms with Crippen molar-refractivity contribution in [1.29, 1.82) is 0 Å². The summed E-state index contributed by atoms with van der Waals surface area (Å²) in [5.74, 6) is -0.354. The molecule has 0 amide bonds. The second kappa shape index (κ2) is 6.78. The average molecular weight is 309 g/mol. The van der Waals surface area contributed by atoms with Crippen molar-refractivity contribution in [2.24, 2.45) is 0 Å². The first kappa shape index (κ1) is 14.9. The fraction of sp³-hybridized carbons (Fsp3) is 0.188. The molecule has 1 unspecified atom stereocenters. The van der Waals surface area contributed by atoms with Crippen molar-refractivity contribution in [2.45, 2.75) is 19.3 Å².